The van der Waals surface area contributed by atoms with Crippen LogP contribution in [0, 0.1) is 6.92 Å². The van der Waals surface area contributed by atoms with Gasteiger partial charge in [-0.2, -0.15) is 0 Å². The van der Waals surface area contributed by atoms with Gasteiger partial charge in [-0.25, -0.2) is 14.6 Å². The summed E-state index contributed by atoms with van der Waals surface area (Å²) in [6.45, 7) is 2.27. The maximum atomic E-state index is 12.0. The molecule has 0 aromatic carbocycles. The SMILES string of the molecule is Cc1ncc(CNC(=O)NC2(C(=O)O)CCCCCC2)s1. The highest BCUT2D eigenvalue weighted by molar-refractivity contribution is 7.11. The first-order chi connectivity index (χ1) is 10.0. The number of urea groups is 1. The second kappa shape index (κ2) is 6.89. The van der Waals surface area contributed by atoms with Crippen LogP contribution in [0.15, 0.2) is 6.20 Å². The van der Waals surface area contributed by atoms with E-state index in [1.165, 1.54) is 11.3 Å². The lowest BCUT2D eigenvalue weighted by atomic mass is 9.90. The van der Waals surface area contributed by atoms with Gasteiger partial charge in [0.25, 0.3) is 0 Å². The molecule has 1 aromatic heterocycles. The zero-order valence-electron chi connectivity index (χ0n) is 12.1. The van der Waals surface area contributed by atoms with E-state index < -0.39 is 17.5 Å². The minimum Gasteiger partial charge on any atom is -0.480 e. The van der Waals surface area contributed by atoms with Crippen LogP contribution in [-0.2, 0) is 11.3 Å². The summed E-state index contributed by atoms with van der Waals surface area (Å²) in [6.07, 6.45) is 6.43. The summed E-state index contributed by atoms with van der Waals surface area (Å²) in [4.78, 5) is 28.7. The molecule has 1 aliphatic carbocycles. The Kier molecular flexibility index (Phi) is 5.17. The maximum Gasteiger partial charge on any atom is 0.329 e. The molecule has 0 bridgehead atoms. The number of amides is 2. The lowest BCUT2D eigenvalue weighted by Gasteiger charge is -2.29. The lowest BCUT2D eigenvalue weighted by Crippen LogP contribution is -2.56. The number of rotatable bonds is 4. The molecule has 1 heterocycles. The first-order valence-corrected chi connectivity index (χ1v) is 8.04. The van der Waals surface area contributed by atoms with Crippen molar-refractivity contribution < 1.29 is 14.7 Å². The monoisotopic (exact) mass is 311 g/mol. The Labute approximate surface area is 128 Å². The first kappa shape index (κ1) is 15.8. The third-order valence-electron chi connectivity index (χ3n) is 3.81. The van der Waals surface area contributed by atoms with Crippen LogP contribution >= 0.6 is 11.3 Å². The van der Waals surface area contributed by atoms with Crippen molar-refractivity contribution in [3.8, 4) is 0 Å². The zero-order chi connectivity index (χ0) is 15.3. The summed E-state index contributed by atoms with van der Waals surface area (Å²) in [6, 6.07) is -0.426. The molecule has 2 rings (SSSR count). The van der Waals surface area contributed by atoms with Gasteiger partial charge in [-0.05, 0) is 19.8 Å². The van der Waals surface area contributed by atoms with Crippen LogP contribution in [0.4, 0.5) is 4.79 Å². The number of aliphatic carboxylic acids is 1. The van der Waals surface area contributed by atoms with Gasteiger partial charge in [0.05, 0.1) is 11.6 Å². The van der Waals surface area contributed by atoms with Gasteiger partial charge in [0.1, 0.15) is 5.54 Å². The van der Waals surface area contributed by atoms with E-state index >= 15 is 0 Å². The quantitative estimate of drug-likeness (QED) is 0.745. The van der Waals surface area contributed by atoms with E-state index in [4.69, 9.17) is 0 Å². The lowest BCUT2D eigenvalue weighted by molar-refractivity contribution is -0.145. The Morgan fingerprint density at radius 2 is 2.00 bits per heavy atom. The minimum atomic E-state index is -1.12. The third-order valence-corrected chi connectivity index (χ3v) is 4.72. The average Bonchev–Trinajstić information content (AvgIpc) is 2.71. The minimum absolute atomic E-state index is 0.368. The number of nitrogens with one attached hydrogen (secondary N) is 2. The standard InChI is InChI=1S/C14H21N3O3S/c1-10-15-8-11(21-10)9-16-13(20)17-14(12(18)19)6-4-2-3-5-7-14/h8H,2-7,9H2,1H3,(H,18,19)(H2,16,17,20). The molecular weight excluding hydrogens is 290 g/mol. The number of carboxylic acids is 1. The normalized spacial score (nSPS) is 17.8. The third kappa shape index (κ3) is 4.17. The molecule has 0 radical (unpaired) electrons. The summed E-state index contributed by atoms with van der Waals surface area (Å²) < 4.78 is 0. The molecule has 0 atom stereocenters. The summed E-state index contributed by atoms with van der Waals surface area (Å²) in [5.41, 5.74) is -1.12. The second-order valence-corrected chi connectivity index (χ2v) is 6.77. The van der Waals surface area contributed by atoms with Gasteiger partial charge < -0.3 is 15.7 Å². The van der Waals surface area contributed by atoms with Crippen LogP contribution in [0.25, 0.3) is 0 Å². The van der Waals surface area contributed by atoms with E-state index in [-0.39, 0.29) is 0 Å². The van der Waals surface area contributed by atoms with Gasteiger partial charge in [-0.3, -0.25) is 0 Å². The van der Waals surface area contributed by atoms with Gasteiger partial charge in [0.15, 0.2) is 0 Å². The maximum absolute atomic E-state index is 12.0. The number of nitrogens with zero attached hydrogens (tertiary/aromatic N) is 1. The first-order valence-electron chi connectivity index (χ1n) is 7.22. The average molecular weight is 311 g/mol. The van der Waals surface area contributed by atoms with Crippen molar-refractivity contribution in [2.45, 2.75) is 57.5 Å². The fourth-order valence-corrected chi connectivity index (χ4v) is 3.38. The molecule has 0 aliphatic heterocycles. The van der Waals surface area contributed by atoms with E-state index in [1.54, 1.807) is 6.20 Å². The largest absolute Gasteiger partial charge is 0.480 e. The number of carbonyl (C=O) groups excluding carboxylic acids is 1. The molecule has 3 N–H and O–H groups in total. The Bertz CT molecular complexity index is 507. The van der Waals surface area contributed by atoms with Crippen molar-refractivity contribution in [2.24, 2.45) is 0 Å². The molecule has 1 fully saturated rings. The topological polar surface area (TPSA) is 91.3 Å². The highest BCUT2D eigenvalue weighted by atomic mass is 32.1. The molecule has 1 saturated carbocycles. The highest BCUT2D eigenvalue weighted by Gasteiger charge is 2.40. The van der Waals surface area contributed by atoms with Crippen molar-refractivity contribution in [1.29, 1.82) is 0 Å². The Hall–Kier alpha value is -1.63. The van der Waals surface area contributed by atoms with Gasteiger partial charge in [0.2, 0.25) is 0 Å². The van der Waals surface area contributed by atoms with Crippen molar-refractivity contribution in [2.75, 3.05) is 0 Å². The molecule has 1 aromatic rings. The van der Waals surface area contributed by atoms with Crippen molar-refractivity contribution in [3.05, 3.63) is 16.1 Å². The fourth-order valence-electron chi connectivity index (χ4n) is 2.64. The van der Waals surface area contributed by atoms with Gasteiger partial charge in [-0.1, -0.05) is 25.7 Å². The van der Waals surface area contributed by atoms with E-state index in [2.05, 4.69) is 15.6 Å². The van der Waals surface area contributed by atoms with E-state index in [0.717, 1.165) is 35.6 Å². The van der Waals surface area contributed by atoms with Crippen LogP contribution in [0.5, 0.6) is 0 Å². The van der Waals surface area contributed by atoms with E-state index in [9.17, 15) is 14.7 Å². The number of hydrogen-bond acceptors (Lipinski definition) is 4. The Morgan fingerprint density at radius 1 is 1.33 bits per heavy atom. The molecule has 2 amide bonds. The van der Waals surface area contributed by atoms with Crippen LogP contribution in [-0.4, -0.2) is 27.6 Å². The van der Waals surface area contributed by atoms with E-state index in [1.807, 2.05) is 6.92 Å². The van der Waals surface area contributed by atoms with E-state index in [0.29, 0.717) is 19.4 Å². The van der Waals surface area contributed by atoms with Crippen molar-refractivity contribution in [1.82, 2.24) is 15.6 Å². The molecular formula is C14H21N3O3S. The van der Waals surface area contributed by atoms with Crippen molar-refractivity contribution in [3.63, 3.8) is 0 Å². The molecule has 1 aliphatic rings. The number of carboxylic acid groups (broad SMARTS) is 1. The van der Waals surface area contributed by atoms with Crippen LogP contribution < -0.4 is 10.6 Å². The van der Waals surface area contributed by atoms with Gasteiger partial charge >= 0.3 is 12.0 Å². The molecule has 7 heteroatoms. The van der Waals surface area contributed by atoms with Crippen LogP contribution in [0.2, 0.25) is 0 Å². The second-order valence-electron chi connectivity index (χ2n) is 5.45. The molecule has 116 valence electrons. The highest BCUT2D eigenvalue weighted by Crippen LogP contribution is 2.27. The van der Waals surface area contributed by atoms with Gasteiger partial charge in [0, 0.05) is 11.1 Å². The van der Waals surface area contributed by atoms with Crippen LogP contribution in [0.3, 0.4) is 0 Å². The number of thiazole rings is 1. The summed E-state index contributed by atoms with van der Waals surface area (Å²) in [7, 11) is 0. The van der Waals surface area contributed by atoms with Crippen LogP contribution in [0.1, 0.15) is 48.4 Å². The Balaban J connectivity index is 1.93. The smallest absolute Gasteiger partial charge is 0.329 e. The van der Waals surface area contributed by atoms with Gasteiger partial charge in [-0.15, -0.1) is 11.3 Å². The number of carbonyl (C=O) groups is 2. The molecule has 0 saturated heterocycles. The number of hydrogen-bond donors (Lipinski definition) is 3. The predicted octanol–water partition coefficient (Wildman–Crippen LogP) is 2.43. The molecule has 0 spiro atoms. The molecule has 6 nitrogen and oxygen atoms in total. The Morgan fingerprint density at radius 3 is 2.52 bits per heavy atom. The summed E-state index contributed by atoms with van der Waals surface area (Å²) in [5, 5.41) is 15.8. The summed E-state index contributed by atoms with van der Waals surface area (Å²) >= 11 is 1.51. The van der Waals surface area contributed by atoms with Crippen molar-refractivity contribution >= 4 is 23.3 Å². The molecule has 21 heavy (non-hydrogen) atoms. The zero-order valence-corrected chi connectivity index (χ0v) is 13.0. The summed E-state index contributed by atoms with van der Waals surface area (Å²) in [5.74, 6) is -0.937. The predicted molar refractivity (Wildman–Crippen MR) is 80.3 cm³/mol. The number of aromatic nitrogens is 1. The fraction of sp³-hybridized carbons (Fsp3) is 0.643. The molecule has 0 unspecified atom stereocenters. The number of aryl methyl sites for hydroxylation is 1.